The first kappa shape index (κ1) is 16.6. The summed E-state index contributed by atoms with van der Waals surface area (Å²) < 4.78 is 43.0. The standard InChI is InChI=1S/C15H19F3N2O2/c16-15(17,18)13-3-1-2-12(8-13)10-20-14(21)19-9-11-4-6-22-7-5-11/h1-3,8,11H,4-7,9-10H2,(H2,19,20,21). The van der Waals surface area contributed by atoms with E-state index in [1.807, 2.05) is 0 Å². The zero-order valence-electron chi connectivity index (χ0n) is 12.1. The second-order valence-corrected chi connectivity index (χ2v) is 5.32. The van der Waals surface area contributed by atoms with Gasteiger partial charge in [0.2, 0.25) is 0 Å². The number of ether oxygens (including phenoxy) is 1. The molecule has 1 aromatic rings. The number of carbonyl (C=O) groups excluding carboxylic acids is 1. The molecule has 0 spiro atoms. The summed E-state index contributed by atoms with van der Waals surface area (Å²) >= 11 is 0. The molecule has 0 aliphatic carbocycles. The summed E-state index contributed by atoms with van der Waals surface area (Å²) in [4.78, 5) is 11.7. The quantitative estimate of drug-likeness (QED) is 0.897. The molecule has 1 fully saturated rings. The molecule has 22 heavy (non-hydrogen) atoms. The molecule has 2 rings (SSSR count). The molecule has 4 nitrogen and oxygen atoms in total. The molecule has 2 N–H and O–H groups in total. The lowest BCUT2D eigenvalue weighted by atomic mass is 10.0. The highest BCUT2D eigenvalue weighted by molar-refractivity contribution is 5.73. The number of benzene rings is 1. The SMILES string of the molecule is O=C(NCc1cccc(C(F)(F)F)c1)NCC1CCOCC1. The number of amides is 2. The van der Waals surface area contributed by atoms with Crippen molar-refractivity contribution in [2.24, 2.45) is 5.92 Å². The van der Waals surface area contributed by atoms with Gasteiger partial charge in [-0.3, -0.25) is 0 Å². The summed E-state index contributed by atoms with van der Waals surface area (Å²) in [6.45, 7) is 2.03. The molecule has 1 aliphatic heterocycles. The fourth-order valence-corrected chi connectivity index (χ4v) is 2.29. The van der Waals surface area contributed by atoms with Gasteiger partial charge in [0.25, 0.3) is 0 Å². The Kier molecular flexibility index (Phi) is 5.65. The first-order valence-corrected chi connectivity index (χ1v) is 7.21. The van der Waals surface area contributed by atoms with Crippen LogP contribution in [0.4, 0.5) is 18.0 Å². The van der Waals surface area contributed by atoms with Crippen LogP contribution in [0.2, 0.25) is 0 Å². The Bertz CT molecular complexity index is 500. The van der Waals surface area contributed by atoms with E-state index < -0.39 is 11.7 Å². The van der Waals surface area contributed by atoms with Crippen molar-refractivity contribution < 1.29 is 22.7 Å². The van der Waals surface area contributed by atoms with Gasteiger partial charge in [-0.05, 0) is 36.5 Å². The third-order valence-electron chi connectivity index (χ3n) is 3.60. The van der Waals surface area contributed by atoms with Crippen molar-refractivity contribution in [3.8, 4) is 0 Å². The maximum Gasteiger partial charge on any atom is 0.416 e. The van der Waals surface area contributed by atoms with Crippen LogP contribution in [-0.4, -0.2) is 25.8 Å². The molecule has 0 saturated carbocycles. The predicted molar refractivity (Wildman–Crippen MR) is 75.2 cm³/mol. The average molecular weight is 316 g/mol. The maximum absolute atomic E-state index is 12.6. The van der Waals surface area contributed by atoms with Gasteiger partial charge < -0.3 is 15.4 Å². The highest BCUT2D eigenvalue weighted by Crippen LogP contribution is 2.29. The Hall–Kier alpha value is -1.76. The number of halogens is 3. The average Bonchev–Trinajstić information content (AvgIpc) is 2.51. The first-order valence-electron chi connectivity index (χ1n) is 7.21. The summed E-state index contributed by atoms with van der Waals surface area (Å²) in [7, 11) is 0. The zero-order chi connectivity index (χ0) is 16.0. The van der Waals surface area contributed by atoms with E-state index in [-0.39, 0.29) is 12.6 Å². The molecule has 1 aromatic carbocycles. The Morgan fingerprint density at radius 2 is 1.95 bits per heavy atom. The minimum Gasteiger partial charge on any atom is -0.381 e. The molecular weight excluding hydrogens is 297 g/mol. The van der Waals surface area contributed by atoms with Gasteiger partial charge in [-0.15, -0.1) is 0 Å². The fraction of sp³-hybridized carbons (Fsp3) is 0.533. The fourth-order valence-electron chi connectivity index (χ4n) is 2.29. The van der Waals surface area contributed by atoms with E-state index in [4.69, 9.17) is 4.74 Å². The van der Waals surface area contributed by atoms with Crippen LogP contribution in [0.15, 0.2) is 24.3 Å². The summed E-state index contributed by atoms with van der Waals surface area (Å²) in [6.07, 6.45) is -2.55. The van der Waals surface area contributed by atoms with Crippen LogP contribution in [0.5, 0.6) is 0 Å². The first-order chi connectivity index (χ1) is 10.4. The molecule has 0 atom stereocenters. The van der Waals surface area contributed by atoms with Gasteiger partial charge in [0.1, 0.15) is 0 Å². The minimum absolute atomic E-state index is 0.0591. The number of rotatable bonds is 4. The number of carbonyl (C=O) groups is 1. The minimum atomic E-state index is -4.37. The topological polar surface area (TPSA) is 50.4 Å². The third-order valence-corrected chi connectivity index (χ3v) is 3.60. The summed E-state index contributed by atoms with van der Waals surface area (Å²) in [6, 6.07) is 4.56. The van der Waals surface area contributed by atoms with Crippen molar-refractivity contribution >= 4 is 6.03 Å². The Labute approximate surface area is 127 Å². The van der Waals surface area contributed by atoms with Crippen molar-refractivity contribution in [1.29, 1.82) is 0 Å². The molecular formula is C15H19F3N2O2. The van der Waals surface area contributed by atoms with Gasteiger partial charge in [-0.1, -0.05) is 12.1 Å². The monoisotopic (exact) mass is 316 g/mol. The van der Waals surface area contributed by atoms with Crippen LogP contribution < -0.4 is 10.6 Å². The molecule has 0 radical (unpaired) electrons. The van der Waals surface area contributed by atoms with Crippen molar-refractivity contribution in [3.63, 3.8) is 0 Å². The molecule has 122 valence electrons. The van der Waals surface area contributed by atoms with Gasteiger partial charge in [0.05, 0.1) is 5.56 Å². The van der Waals surface area contributed by atoms with E-state index in [9.17, 15) is 18.0 Å². The van der Waals surface area contributed by atoms with Gasteiger partial charge in [0.15, 0.2) is 0 Å². The van der Waals surface area contributed by atoms with E-state index in [2.05, 4.69) is 10.6 Å². The van der Waals surface area contributed by atoms with Crippen LogP contribution in [0.1, 0.15) is 24.0 Å². The van der Waals surface area contributed by atoms with Gasteiger partial charge in [-0.2, -0.15) is 13.2 Å². The number of hydrogen-bond donors (Lipinski definition) is 2. The van der Waals surface area contributed by atoms with E-state index in [0.29, 0.717) is 31.2 Å². The number of urea groups is 1. The molecule has 1 saturated heterocycles. The number of hydrogen-bond acceptors (Lipinski definition) is 2. The highest BCUT2D eigenvalue weighted by Gasteiger charge is 2.30. The zero-order valence-corrected chi connectivity index (χ0v) is 12.1. The van der Waals surface area contributed by atoms with Crippen LogP contribution in [-0.2, 0) is 17.5 Å². The molecule has 1 heterocycles. The Morgan fingerprint density at radius 1 is 1.23 bits per heavy atom. The Balaban J connectivity index is 1.76. The van der Waals surface area contributed by atoms with Gasteiger partial charge in [-0.25, -0.2) is 4.79 Å². The number of nitrogens with one attached hydrogen (secondary N) is 2. The van der Waals surface area contributed by atoms with E-state index >= 15 is 0 Å². The van der Waals surface area contributed by atoms with E-state index in [0.717, 1.165) is 25.0 Å². The Morgan fingerprint density at radius 3 is 2.64 bits per heavy atom. The molecule has 0 bridgehead atoms. The predicted octanol–water partition coefficient (Wildman–Crippen LogP) is 2.93. The third kappa shape index (κ3) is 5.22. The lowest BCUT2D eigenvalue weighted by Gasteiger charge is -2.22. The number of alkyl halides is 3. The lowest BCUT2D eigenvalue weighted by Crippen LogP contribution is -2.39. The second-order valence-electron chi connectivity index (χ2n) is 5.32. The smallest absolute Gasteiger partial charge is 0.381 e. The van der Waals surface area contributed by atoms with Crippen LogP contribution in [0, 0.1) is 5.92 Å². The van der Waals surface area contributed by atoms with Crippen LogP contribution >= 0.6 is 0 Å². The molecule has 7 heteroatoms. The summed E-state index contributed by atoms with van der Waals surface area (Å²) in [5.74, 6) is 0.396. The summed E-state index contributed by atoms with van der Waals surface area (Å²) in [5.41, 5.74) is -0.301. The van der Waals surface area contributed by atoms with Crippen molar-refractivity contribution in [1.82, 2.24) is 10.6 Å². The lowest BCUT2D eigenvalue weighted by molar-refractivity contribution is -0.137. The molecule has 0 unspecified atom stereocenters. The molecule has 1 aliphatic rings. The van der Waals surface area contributed by atoms with E-state index in [1.165, 1.54) is 6.07 Å². The maximum atomic E-state index is 12.6. The highest BCUT2D eigenvalue weighted by atomic mass is 19.4. The summed E-state index contributed by atoms with van der Waals surface area (Å²) in [5, 5.41) is 5.31. The van der Waals surface area contributed by atoms with Crippen LogP contribution in [0.3, 0.4) is 0 Å². The normalized spacial score (nSPS) is 16.3. The molecule has 0 aromatic heterocycles. The van der Waals surface area contributed by atoms with Gasteiger partial charge >= 0.3 is 12.2 Å². The van der Waals surface area contributed by atoms with Crippen molar-refractivity contribution in [2.75, 3.05) is 19.8 Å². The van der Waals surface area contributed by atoms with Crippen LogP contribution in [0.25, 0.3) is 0 Å². The largest absolute Gasteiger partial charge is 0.416 e. The van der Waals surface area contributed by atoms with E-state index in [1.54, 1.807) is 6.07 Å². The molecule has 2 amide bonds. The van der Waals surface area contributed by atoms with Crippen molar-refractivity contribution in [2.45, 2.75) is 25.6 Å². The second kappa shape index (κ2) is 7.49. The van der Waals surface area contributed by atoms with Crippen molar-refractivity contribution in [3.05, 3.63) is 35.4 Å². The van der Waals surface area contributed by atoms with Gasteiger partial charge in [0, 0.05) is 26.3 Å².